The molecule has 1 amide bonds. The Morgan fingerprint density at radius 3 is 2.63 bits per heavy atom. The van der Waals surface area contributed by atoms with Gasteiger partial charge < -0.3 is 10.0 Å². The van der Waals surface area contributed by atoms with Crippen LogP contribution in [0.25, 0.3) is 0 Å². The van der Waals surface area contributed by atoms with E-state index in [-0.39, 0.29) is 17.9 Å². The van der Waals surface area contributed by atoms with Crippen LogP contribution in [-0.2, 0) is 10.2 Å². The van der Waals surface area contributed by atoms with Crippen molar-refractivity contribution in [3.05, 3.63) is 16.1 Å². The molecule has 0 spiro atoms. The number of aliphatic carboxylic acids is 1. The lowest BCUT2D eigenvalue weighted by Gasteiger charge is -2.15. The maximum atomic E-state index is 12.2. The van der Waals surface area contributed by atoms with Gasteiger partial charge in [0.05, 0.1) is 10.9 Å². The van der Waals surface area contributed by atoms with Crippen LogP contribution in [0.5, 0.6) is 0 Å². The van der Waals surface area contributed by atoms with Gasteiger partial charge >= 0.3 is 5.97 Å². The van der Waals surface area contributed by atoms with Crippen LogP contribution in [0.1, 0.15) is 42.7 Å². The minimum Gasteiger partial charge on any atom is -0.481 e. The third-order valence-electron chi connectivity index (χ3n) is 3.19. The molecule has 2 rings (SSSR count). The van der Waals surface area contributed by atoms with Gasteiger partial charge in [0.25, 0.3) is 5.91 Å². The summed E-state index contributed by atoms with van der Waals surface area (Å²) < 4.78 is 0. The van der Waals surface area contributed by atoms with Crippen LogP contribution in [0, 0.1) is 5.92 Å². The summed E-state index contributed by atoms with van der Waals surface area (Å²) in [5.74, 6) is -1.43. The Kier molecular flexibility index (Phi) is 3.62. The molecular formula is C13H18N2O3S. The Bertz CT molecular complexity index is 504. The number of amides is 1. The van der Waals surface area contributed by atoms with Gasteiger partial charge in [0.15, 0.2) is 0 Å². The van der Waals surface area contributed by atoms with E-state index in [9.17, 15) is 9.59 Å². The Morgan fingerprint density at radius 2 is 2.16 bits per heavy atom. The van der Waals surface area contributed by atoms with Gasteiger partial charge in [-0.2, -0.15) is 0 Å². The van der Waals surface area contributed by atoms with Crippen LogP contribution in [-0.4, -0.2) is 40.0 Å². The minimum atomic E-state index is -0.830. The van der Waals surface area contributed by atoms with Crippen LogP contribution < -0.4 is 0 Å². The van der Waals surface area contributed by atoms with Crippen molar-refractivity contribution in [1.82, 2.24) is 9.88 Å². The number of aromatic nitrogens is 1. The summed E-state index contributed by atoms with van der Waals surface area (Å²) in [7, 11) is 0. The van der Waals surface area contributed by atoms with Crippen LogP contribution >= 0.6 is 11.3 Å². The summed E-state index contributed by atoms with van der Waals surface area (Å²) in [6.07, 6.45) is 0.525. The average Bonchev–Trinajstić information content (AvgIpc) is 2.97. The normalized spacial score (nSPS) is 19.7. The predicted molar refractivity (Wildman–Crippen MR) is 72.5 cm³/mol. The Hall–Kier alpha value is -1.43. The van der Waals surface area contributed by atoms with Gasteiger partial charge in [0, 0.05) is 23.9 Å². The molecule has 104 valence electrons. The first-order valence-corrected chi connectivity index (χ1v) is 7.15. The Balaban J connectivity index is 2.09. The average molecular weight is 282 g/mol. The van der Waals surface area contributed by atoms with Crippen molar-refractivity contribution in [2.24, 2.45) is 5.92 Å². The van der Waals surface area contributed by atoms with Crippen LogP contribution in [0.3, 0.4) is 0 Å². The van der Waals surface area contributed by atoms with E-state index in [1.165, 1.54) is 11.3 Å². The standard InChI is InChI=1S/C13H18N2O3S/c1-13(2,3)12-14-9(7-19-12)10(16)15-5-4-8(6-15)11(17)18/h7-8H,4-6H2,1-3H3,(H,17,18). The molecule has 1 saturated heterocycles. The van der Waals surface area contributed by atoms with Gasteiger partial charge in [-0.3, -0.25) is 9.59 Å². The molecule has 1 aliphatic heterocycles. The summed E-state index contributed by atoms with van der Waals surface area (Å²) in [5, 5.41) is 11.6. The summed E-state index contributed by atoms with van der Waals surface area (Å²) in [5.41, 5.74) is 0.360. The number of carbonyl (C=O) groups excluding carboxylic acids is 1. The maximum Gasteiger partial charge on any atom is 0.308 e. The van der Waals surface area contributed by atoms with E-state index in [0.29, 0.717) is 18.7 Å². The van der Waals surface area contributed by atoms with E-state index in [4.69, 9.17) is 5.11 Å². The molecule has 1 aromatic rings. The number of carboxylic acids is 1. The van der Waals surface area contributed by atoms with E-state index in [1.807, 2.05) is 0 Å². The molecule has 1 atom stereocenters. The second-order valence-electron chi connectivity index (χ2n) is 5.86. The fourth-order valence-electron chi connectivity index (χ4n) is 2.02. The number of hydrogen-bond donors (Lipinski definition) is 1. The molecular weight excluding hydrogens is 264 g/mol. The largest absolute Gasteiger partial charge is 0.481 e. The molecule has 5 nitrogen and oxygen atoms in total. The van der Waals surface area contributed by atoms with E-state index >= 15 is 0 Å². The zero-order valence-electron chi connectivity index (χ0n) is 11.3. The summed E-state index contributed by atoms with van der Waals surface area (Å²) >= 11 is 1.48. The predicted octanol–water partition coefficient (Wildman–Crippen LogP) is 1.99. The van der Waals surface area contributed by atoms with Crippen LogP contribution in [0.4, 0.5) is 0 Å². The second kappa shape index (κ2) is 4.92. The van der Waals surface area contributed by atoms with Crippen molar-refractivity contribution in [3.8, 4) is 0 Å². The van der Waals surface area contributed by atoms with E-state index < -0.39 is 11.9 Å². The number of thiazole rings is 1. The van der Waals surface area contributed by atoms with E-state index in [2.05, 4.69) is 25.8 Å². The molecule has 1 aliphatic rings. The minimum absolute atomic E-state index is 0.0716. The molecule has 1 aromatic heterocycles. The first-order chi connectivity index (χ1) is 8.79. The zero-order valence-corrected chi connectivity index (χ0v) is 12.2. The molecule has 0 bridgehead atoms. The number of likely N-dealkylation sites (tertiary alicyclic amines) is 1. The molecule has 0 aromatic carbocycles. The highest BCUT2D eigenvalue weighted by molar-refractivity contribution is 7.10. The fourth-order valence-corrected chi connectivity index (χ4v) is 2.91. The smallest absolute Gasteiger partial charge is 0.308 e. The van der Waals surface area contributed by atoms with Gasteiger partial charge in [-0.15, -0.1) is 11.3 Å². The molecule has 0 saturated carbocycles. The third kappa shape index (κ3) is 2.94. The lowest BCUT2D eigenvalue weighted by atomic mass is 9.98. The molecule has 0 aliphatic carbocycles. The van der Waals surface area contributed by atoms with Gasteiger partial charge in [-0.1, -0.05) is 20.8 Å². The lowest BCUT2D eigenvalue weighted by Crippen LogP contribution is -2.30. The van der Waals surface area contributed by atoms with Crippen LogP contribution in [0.2, 0.25) is 0 Å². The quantitative estimate of drug-likeness (QED) is 0.900. The second-order valence-corrected chi connectivity index (χ2v) is 6.72. The summed E-state index contributed by atoms with van der Waals surface area (Å²) in [4.78, 5) is 29.1. The molecule has 1 unspecified atom stereocenters. The molecule has 2 heterocycles. The number of hydrogen-bond acceptors (Lipinski definition) is 4. The van der Waals surface area contributed by atoms with Crippen LogP contribution in [0.15, 0.2) is 5.38 Å². The van der Waals surface area contributed by atoms with Crippen molar-refractivity contribution >= 4 is 23.2 Å². The van der Waals surface area contributed by atoms with Gasteiger partial charge in [-0.25, -0.2) is 4.98 Å². The number of carbonyl (C=O) groups is 2. The monoisotopic (exact) mass is 282 g/mol. The van der Waals surface area contributed by atoms with Gasteiger partial charge in [0.1, 0.15) is 5.69 Å². The van der Waals surface area contributed by atoms with E-state index in [0.717, 1.165) is 5.01 Å². The maximum absolute atomic E-state index is 12.2. The number of rotatable bonds is 2. The first-order valence-electron chi connectivity index (χ1n) is 6.27. The van der Waals surface area contributed by atoms with Crippen molar-refractivity contribution in [2.45, 2.75) is 32.6 Å². The van der Waals surface area contributed by atoms with Crippen molar-refractivity contribution in [3.63, 3.8) is 0 Å². The third-order valence-corrected chi connectivity index (χ3v) is 4.46. The molecule has 1 N–H and O–H groups in total. The molecule has 6 heteroatoms. The fraction of sp³-hybridized carbons (Fsp3) is 0.615. The first kappa shape index (κ1) is 14.0. The number of carboxylic acid groups (broad SMARTS) is 1. The zero-order chi connectivity index (χ0) is 14.2. The van der Waals surface area contributed by atoms with Crippen molar-refractivity contribution < 1.29 is 14.7 Å². The number of nitrogens with zero attached hydrogens (tertiary/aromatic N) is 2. The molecule has 0 radical (unpaired) electrons. The van der Waals surface area contributed by atoms with Gasteiger partial charge in [-0.05, 0) is 6.42 Å². The highest BCUT2D eigenvalue weighted by Crippen LogP contribution is 2.27. The Morgan fingerprint density at radius 1 is 1.47 bits per heavy atom. The molecule has 1 fully saturated rings. The SMILES string of the molecule is CC(C)(C)c1nc(C(=O)N2CCC(C(=O)O)C2)cs1. The summed E-state index contributed by atoms with van der Waals surface area (Å²) in [6, 6.07) is 0. The Labute approximate surface area is 116 Å². The highest BCUT2D eigenvalue weighted by Gasteiger charge is 2.32. The molecule has 19 heavy (non-hydrogen) atoms. The summed E-state index contributed by atoms with van der Waals surface area (Å²) in [6.45, 7) is 6.94. The van der Waals surface area contributed by atoms with Gasteiger partial charge in [0.2, 0.25) is 0 Å². The van der Waals surface area contributed by atoms with Crippen molar-refractivity contribution in [1.29, 1.82) is 0 Å². The topological polar surface area (TPSA) is 70.5 Å². The lowest BCUT2D eigenvalue weighted by molar-refractivity contribution is -0.141. The van der Waals surface area contributed by atoms with E-state index in [1.54, 1.807) is 10.3 Å². The van der Waals surface area contributed by atoms with Crippen molar-refractivity contribution in [2.75, 3.05) is 13.1 Å². The highest BCUT2D eigenvalue weighted by atomic mass is 32.1.